The third-order valence-corrected chi connectivity index (χ3v) is 3.73. The summed E-state index contributed by atoms with van der Waals surface area (Å²) in [5, 5.41) is 11.4. The second kappa shape index (κ2) is 5.98. The highest BCUT2D eigenvalue weighted by molar-refractivity contribution is 6.30. The predicted molar refractivity (Wildman–Crippen MR) is 85.2 cm³/mol. The number of hydrogen-bond acceptors (Lipinski definition) is 8. The summed E-state index contributed by atoms with van der Waals surface area (Å²) >= 11 is 6.04. The van der Waals surface area contributed by atoms with E-state index < -0.39 is 0 Å². The number of morpholine rings is 1. The van der Waals surface area contributed by atoms with Gasteiger partial charge in [0.15, 0.2) is 11.6 Å². The van der Waals surface area contributed by atoms with Crippen molar-refractivity contribution in [1.82, 2.24) is 20.3 Å². The number of rotatable bonds is 3. The molecular weight excluding hydrogens is 320 g/mol. The molecule has 9 heteroatoms. The number of benzene rings is 1. The lowest BCUT2D eigenvalue weighted by Crippen LogP contribution is -2.37. The number of anilines is 3. The van der Waals surface area contributed by atoms with E-state index in [1.165, 1.54) is 0 Å². The second-order valence-corrected chi connectivity index (χ2v) is 5.48. The Morgan fingerprint density at radius 1 is 1.09 bits per heavy atom. The Hall–Kier alpha value is -2.45. The Bertz CT molecular complexity index is 833. The van der Waals surface area contributed by atoms with Crippen LogP contribution >= 0.6 is 11.6 Å². The lowest BCUT2D eigenvalue weighted by atomic mass is 10.3. The summed E-state index contributed by atoms with van der Waals surface area (Å²) in [5.74, 6) is 1.27. The molecular formula is C14H13ClN6O2. The van der Waals surface area contributed by atoms with Crippen LogP contribution in [0.1, 0.15) is 0 Å². The molecule has 1 N–H and O–H groups in total. The summed E-state index contributed by atoms with van der Waals surface area (Å²) in [5.41, 5.74) is 1.55. The Morgan fingerprint density at radius 3 is 2.65 bits per heavy atom. The van der Waals surface area contributed by atoms with Gasteiger partial charge in [-0.25, -0.2) is 14.6 Å². The summed E-state index contributed by atoms with van der Waals surface area (Å²) in [6.45, 7) is 2.76. The van der Waals surface area contributed by atoms with E-state index in [0.717, 1.165) is 18.8 Å². The maximum absolute atomic E-state index is 6.04. The summed E-state index contributed by atoms with van der Waals surface area (Å²) in [6, 6.07) is 7.40. The first-order chi connectivity index (χ1) is 11.3. The number of nitrogens with zero attached hydrogens (tertiary/aromatic N) is 5. The Morgan fingerprint density at radius 2 is 1.87 bits per heavy atom. The molecule has 1 aliphatic heterocycles. The van der Waals surface area contributed by atoms with Crippen molar-refractivity contribution in [1.29, 1.82) is 0 Å². The Kier molecular flexibility index (Phi) is 3.68. The minimum atomic E-state index is 0.353. The minimum Gasteiger partial charge on any atom is -0.378 e. The summed E-state index contributed by atoms with van der Waals surface area (Å²) in [4.78, 5) is 11.1. The molecule has 3 heterocycles. The van der Waals surface area contributed by atoms with Crippen LogP contribution < -0.4 is 10.2 Å². The van der Waals surface area contributed by atoms with Gasteiger partial charge in [0.25, 0.3) is 0 Å². The highest BCUT2D eigenvalue weighted by Crippen LogP contribution is 2.28. The highest BCUT2D eigenvalue weighted by Gasteiger charge is 2.20. The topological polar surface area (TPSA) is 89.2 Å². The largest absolute Gasteiger partial charge is 0.378 e. The normalized spacial score (nSPS) is 15.1. The van der Waals surface area contributed by atoms with Crippen LogP contribution in [0.2, 0.25) is 5.02 Å². The van der Waals surface area contributed by atoms with Gasteiger partial charge < -0.3 is 15.0 Å². The van der Waals surface area contributed by atoms with Gasteiger partial charge in [0.05, 0.1) is 13.2 Å². The second-order valence-electron chi connectivity index (χ2n) is 5.04. The molecule has 0 atom stereocenters. The van der Waals surface area contributed by atoms with Crippen LogP contribution in [-0.2, 0) is 4.74 Å². The number of hydrogen-bond donors (Lipinski definition) is 1. The zero-order chi connectivity index (χ0) is 15.6. The van der Waals surface area contributed by atoms with Crippen molar-refractivity contribution < 1.29 is 9.37 Å². The first-order valence-corrected chi connectivity index (χ1v) is 7.53. The molecule has 0 amide bonds. The summed E-state index contributed by atoms with van der Waals surface area (Å²) in [7, 11) is 0. The van der Waals surface area contributed by atoms with Crippen molar-refractivity contribution in [3.05, 3.63) is 29.3 Å². The number of fused-ring (bicyclic) bond motifs is 1. The van der Waals surface area contributed by atoms with Gasteiger partial charge in [-0.3, -0.25) is 0 Å². The van der Waals surface area contributed by atoms with E-state index in [-0.39, 0.29) is 0 Å². The van der Waals surface area contributed by atoms with E-state index in [4.69, 9.17) is 21.0 Å². The fourth-order valence-electron chi connectivity index (χ4n) is 2.41. The van der Waals surface area contributed by atoms with Gasteiger partial charge in [-0.1, -0.05) is 17.7 Å². The first kappa shape index (κ1) is 14.2. The van der Waals surface area contributed by atoms with Crippen LogP contribution in [0.4, 0.5) is 17.3 Å². The maximum Gasteiger partial charge on any atom is 0.245 e. The molecule has 0 aliphatic carbocycles. The van der Waals surface area contributed by atoms with Crippen molar-refractivity contribution in [2.24, 2.45) is 0 Å². The number of ether oxygens (including phenoxy) is 1. The van der Waals surface area contributed by atoms with Gasteiger partial charge in [-0.05, 0) is 28.5 Å². The molecule has 0 unspecified atom stereocenters. The summed E-state index contributed by atoms with van der Waals surface area (Å²) in [6.07, 6.45) is 0. The fourth-order valence-corrected chi connectivity index (χ4v) is 2.60. The zero-order valence-electron chi connectivity index (χ0n) is 12.1. The molecule has 0 spiro atoms. The number of aromatic nitrogens is 4. The van der Waals surface area contributed by atoms with Crippen LogP contribution in [0.15, 0.2) is 28.9 Å². The lowest BCUT2D eigenvalue weighted by Gasteiger charge is -2.28. The molecule has 0 saturated carbocycles. The third-order valence-electron chi connectivity index (χ3n) is 3.49. The number of halogens is 1. The summed E-state index contributed by atoms with van der Waals surface area (Å²) < 4.78 is 10.1. The molecule has 1 fully saturated rings. The van der Waals surface area contributed by atoms with Crippen molar-refractivity contribution in [3.8, 4) is 0 Å². The molecule has 8 nitrogen and oxygen atoms in total. The highest BCUT2D eigenvalue weighted by atomic mass is 35.5. The average Bonchev–Trinajstić information content (AvgIpc) is 3.02. The Balaban J connectivity index is 1.75. The van der Waals surface area contributed by atoms with Crippen LogP contribution in [0, 0.1) is 0 Å². The minimum absolute atomic E-state index is 0.353. The molecule has 3 aromatic rings. The average molecular weight is 333 g/mol. The van der Waals surface area contributed by atoms with E-state index in [2.05, 4.69) is 30.5 Å². The maximum atomic E-state index is 6.04. The smallest absolute Gasteiger partial charge is 0.245 e. The van der Waals surface area contributed by atoms with E-state index in [9.17, 15) is 0 Å². The molecule has 1 aliphatic rings. The van der Waals surface area contributed by atoms with Crippen LogP contribution in [0.25, 0.3) is 11.3 Å². The zero-order valence-corrected chi connectivity index (χ0v) is 12.8. The van der Waals surface area contributed by atoms with Crippen LogP contribution in [0.5, 0.6) is 0 Å². The third kappa shape index (κ3) is 2.90. The van der Waals surface area contributed by atoms with E-state index in [1.54, 1.807) is 0 Å². The van der Waals surface area contributed by atoms with Crippen LogP contribution in [-0.4, -0.2) is 46.6 Å². The SMILES string of the molecule is Clc1cccc(Nc2nc3nonc3nc2N2CCOCC2)c1. The molecule has 0 bridgehead atoms. The molecule has 1 aromatic carbocycles. The van der Waals surface area contributed by atoms with Gasteiger partial charge in [0.2, 0.25) is 11.3 Å². The van der Waals surface area contributed by atoms with Gasteiger partial charge in [-0.2, -0.15) is 0 Å². The van der Waals surface area contributed by atoms with Crippen LogP contribution in [0.3, 0.4) is 0 Å². The molecule has 1 saturated heterocycles. The number of nitrogens with one attached hydrogen (secondary N) is 1. The first-order valence-electron chi connectivity index (χ1n) is 7.15. The van der Waals surface area contributed by atoms with E-state index in [1.807, 2.05) is 24.3 Å². The monoisotopic (exact) mass is 332 g/mol. The quantitative estimate of drug-likeness (QED) is 0.781. The van der Waals surface area contributed by atoms with Gasteiger partial charge in [-0.15, -0.1) is 0 Å². The van der Waals surface area contributed by atoms with Gasteiger partial charge in [0.1, 0.15) is 0 Å². The molecule has 118 valence electrons. The van der Waals surface area contributed by atoms with Gasteiger partial charge >= 0.3 is 0 Å². The van der Waals surface area contributed by atoms with E-state index in [0.29, 0.717) is 41.2 Å². The van der Waals surface area contributed by atoms with Crippen molar-refractivity contribution in [2.45, 2.75) is 0 Å². The Labute approximate surface area is 136 Å². The lowest BCUT2D eigenvalue weighted by molar-refractivity contribution is 0.122. The molecule has 23 heavy (non-hydrogen) atoms. The van der Waals surface area contributed by atoms with Crippen molar-refractivity contribution in [2.75, 3.05) is 36.5 Å². The molecule has 0 radical (unpaired) electrons. The standard InChI is InChI=1S/C14H13ClN6O2/c15-9-2-1-3-10(8-9)16-13-14(21-4-6-22-7-5-21)18-12-11(17-13)19-23-20-12/h1-3,8H,4-7H2,(H,16,17,19). The molecule has 2 aromatic heterocycles. The van der Waals surface area contributed by atoms with E-state index >= 15 is 0 Å². The fraction of sp³-hybridized carbons (Fsp3) is 0.286. The van der Waals surface area contributed by atoms with Crippen molar-refractivity contribution >= 4 is 40.2 Å². The molecule has 4 rings (SSSR count). The van der Waals surface area contributed by atoms with Gasteiger partial charge in [0, 0.05) is 23.8 Å². The van der Waals surface area contributed by atoms with Crippen molar-refractivity contribution in [3.63, 3.8) is 0 Å². The predicted octanol–water partition coefficient (Wildman–Crippen LogP) is 2.25.